The second-order valence-electron chi connectivity index (χ2n) is 6.03. The van der Waals surface area contributed by atoms with E-state index in [-0.39, 0.29) is 5.56 Å². The fourth-order valence-corrected chi connectivity index (χ4v) is 3.44. The van der Waals surface area contributed by atoms with Gasteiger partial charge in [0.2, 0.25) is 5.75 Å². The van der Waals surface area contributed by atoms with Crippen LogP contribution in [-0.4, -0.2) is 54.7 Å². The maximum atomic E-state index is 11.8. The molecule has 1 aromatic rings. The topological polar surface area (TPSA) is 61.5 Å². The first-order chi connectivity index (χ1) is 10.3. The summed E-state index contributed by atoms with van der Waals surface area (Å²) in [5, 5.41) is 0. The zero-order chi connectivity index (χ0) is 14.7. The third-order valence-corrected chi connectivity index (χ3v) is 4.63. The molecule has 116 valence electrons. The molecule has 6 nitrogen and oxygen atoms in total. The van der Waals surface area contributed by atoms with Gasteiger partial charge in [0.05, 0.1) is 13.4 Å². The van der Waals surface area contributed by atoms with Crippen LogP contribution in [0.25, 0.3) is 0 Å². The Morgan fingerprint density at radius 3 is 2.67 bits per heavy atom. The van der Waals surface area contributed by atoms with E-state index in [1.807, 2.05) is 0 Å². The van der Waals surface area contributed by atoms with Crippen LogP contribution in [0.2, 0.25) is 0 Å². The number of aromatic nitrogens is 2. The van der Waals surface area contributed by atoms with Crippen LogP contribution in [0.5, 0.6) is 5.75 Å². The van der Waals surface area contributed by atoms with Crippen molar-refractivity contribution in [3.8, 4) is 5.75 Å². The molecule has 3 rings (SSSR count). The maximum absolute atomic E-state index is 11.8. The summed E-state index contributed by atoms with van der Waals surface area (Å²) in [7, 11) is 1.52. The number of nitrogens with one attached hydrogen (secondary N) is 1. The van der Waals surface area contributed by atoms with Crippen molar-refractivity contribution in [3.05, 3.63) is 16.7 Å². The molecule has 2 aliphatic rings. The Morgan fingerprint density at radius 1 is 1.29 bits per heavy atom. The molecule has 0 aliphatic carbocycles. The molecule has 6 heteroatoms. The summed E-state index contributed by atoms with van der Waals surface area (Å²) in [5.41, 5.74) is -0.207. The summed E-state index contributed by atoms with van der Waals surface area (Å²) in [6.45, 7) is 5.66. The van der Waals surface area contributed by atoms with E-state index < -0.39 is 0 Å². The van der Waals surface area contributed by atoms with Crippen molar-refractivity contribution in [1.29, 1.82) is 0 Å². The molecule has 2 saturated heterocycles. The average molecular weight is 292 g/mol. The average Bonchev–Trinajstić information content (AvgIpc) is 3.01. The highest BCUT2D eigenvalue weighted by Crippen LogP contribution is 2.27. The fraction of sp³-hybridized carbons (Fsp3) is 0.733. The second kappa shape index (κ2) is 6.47. The van der Waals surface area contributed by atoms with Crippen molar-refractivity contribution in [1.82, 2.24) is 14.9 Å². The second-order valence-corrected chi connectivity index (χ2v) is 6.03. The molecule has 0 bridgehead atoms. The number of piperidine rings is 1. The number of likely N-dealkylation sites (tertiary alicyclic amines) is 1. The first-order valence-electron chi connectivity index (χ1n) is 7.87. The summed E-state index contributed by atoms with van der Waals surface area (Å²) >= 11 is 0. The molecule has 0 atom stereocenters. The highest BCUT2D eigenvalue weighted by molar-refractivity contribution is 5.50. The van der Waals surface area contributed by atoms with Gasteiger partial charge in [-0.15, -0.1) is 0 Å². The summed E-state index contributed by atoms with van der Waals surface area (Å²) < 4.78 is 5.21. The highest BCUT2D eigenvalue weighted by Gasteiger charge is 2.25. The van der Waals surface area contributed by atoms with E-state index in [1.165, 1.54) is 45.9 Å². The van der Waals surface area contributed by atoms with Crippen LogP contribution in [-0.2, 0) is 0 Å². The van der Waals surface area contributed by atoms with E-state index >= 15 is 0 Å². The SMILES string of the molecule is COc1c(N2CCC(CN3CCCC3)CC2)nc[nH]c1=O. The van der Waals surface area contributed by atoms with E-state index in [2.05, 4.69) is 19.8 Å². The molecular weight excluding hydrogens is 268 g/mol. The van der Waals surface area contributed by atoms with Crippen molar-refractivity contribution in [2.45, 2.75) is 25.7 Å². The summed E-state index contributed by atoms with van der Waals surface area (Å²) in [6, 6.07) is 0. The number of hydrogen-bond donors (Lipinski definition) is 1. The molecule has 1 N–H and O–H groups in total. The summed E-state index contributed by atoms with van der Waals surface area (Å²) in [5.74, 6) is 1.78. The molecule has 0 aromatic carbocycles. The van der Waals surface area contributed by atoms with Gasteiger partial charge in [0.15, 0.2) is 5.82 Å². The van der Waals surface area contributed by atoms with E-state index in [9.17, 15) is 4.79 Å². The lowest BCUT2D eigenvalue weighted by atomic mass is 9.96. The van der Waals surface area contributed by atoms with Gasteiger partial charge in [-0.1, -0.05) is 0 Å². The van der Waals surface area contributed by atoms with Crippen molar-refractivity contribution < 1.29 is 4.74 Å². The minimum Gasteiger partial charge on any atom is -0.489 e. The Hall–Kier alpha value is -1.56. The molecule has 0 radical (unpaired) electrons. The smallest absolute Gasteiger partial charge is 0.295 e. The van der Waals surface area contributed by atoms with Gasteiger partial charge in [-0.3, -0.25) is 4.79 Å². The Balaban J connectivity index is 1.60. The maximum Gasteiger partial charge on any atom is 0.295 e. The third-order valence-electron chi connectivity index (χ3n) is 4.63. The van der Waals surface area contributed by atoms with Crippen LogP contribution >= 0.6 is 0 Å². The van der Waals surface area contributed by atoms with Gasteiger partial charge < -0.3 is 19.5 Å². The van der Waals surface area contributed by atoms with E-state index in [0.717, 1.165) is 31.8 Å². The third kappa shape index (κ3) is 3.20. The first kappa shape index (κ1) is 14.4. The van der Waals surface area contributed by atoms with Crippen LogP contribution in [0.4, 0.5) is 5.82 Å². The molecular formula is C15H24N4O2. The number of hydrogen-bond acceptors (Lipinski definition) is 5. The number of rotatable bonds is 4. The number of methoxy groups -OCH3 is 1. The van der Waals surface area contributed by atoms with Gasteiger partial charge in [0.1, 0.15) is 0 Å². The monoisotopic (exact) mass is 292 g/mol. The quantitative estimate of drug-likeness (QED) is 0.900. The Kier molecular flexibility index (Phi) is 4.43. The number of H-pyrrole nitrogens is 1. The van der Waals surface area contributed by atoms with E-state index in [1.54, 1.807) is 0 Å². The minimum absolute atomic E-state index is 0.207. The molecule has 3 heterocycles. The van der Waals surface area contributed by atoms with Crippen LogP contribution in [0.1, 0.15) is 25.7 Å². The Bertz CT molecular complexity index is 517. The van der Waals surface area contributed by atoms with Gasteiger partial charge >= 0.3 is 0 Å². The summed E-state index contributed by atoms with van der Waals surface area (Å²) in [6.07, 6.45) is 6.48. The lowest BCUT2D eigenvalue weighted by Crippen LogP contribution is -2.39. The van der Waals surface area contributed by atoms with Crippen molar-refractivity contribution in [2.24, 2.45) is 5.92 Å². The van der Waals surface area contributed by atoms with Crippen LogP contribution in [0.3, 0.4) is 0 Å². The zero-order valence-electron chi connectivity index (χ0n) is 12.7. The Labute approximate surface area is 125 Å². The molecule has 0 spiro atoms. The number of nitrogens with zero attached hydrogens (tertiary/aromatic N) is 3. The van der Waals surface area contributed by atoms with Gasteiger partial charge in [0.25, 0.3) is 5.56 Å². The van der Waals surface area contributed by atoms with Gasteiger partial charge in [-0.05, 0) is 44.7 Å². The zero-order valence-corrected chi connectivity index (χ0v) is 12.7. The van der Waals surface area contributed by atoms with Gasteiger partial charge in [-0.25, -0.2) is 4.98 Å². The van der Waals surface area contributed by atoms with E-state index in [4.69, 9.17) is 4.74 Å². The van der Waals surface area contributed by atoms with Crippen molar-refractivity contribution in [2.75, 3.05) is 44.7 Å². The van der Waals surface area contributed by atoms with Gasteiger partial charge in [-0.2, -0.15) is 0 Å². The molecule has 0 saturated carbocycles. The first-order valence-corrected chi connectivity index (χ1v) is 7.87. The molecule has 1 aromatic heterocycles. The molecule has 0 unspecified atom stereocenters. The standard InChI is InChI=1S/C15H24N4O2/c1-21-13-14(16-11-17-15(13)20)19-8-4-12(5-9-19)10-18-6-2-3-7-18/h11-12H,2-10H2,1H3,(H,16,17,20). The number of anilines is 1. The molecule has 0 amide bonds. The van der Waals surface area contributed by atoms with E-state index in [0.29, 0.717) is 11.6 Å². The number of ether oxygens (including phenoxy) is 1. The predicted octanol–water partition coefficient (Wildman–Crippen LogP) is 1.09. The fourth-order valence-electron chi connectivity index (χ4n) is 3.44. The van der Waals surface area contributed by atoms with Crippen molar-refractivity contribution in [3.63, 3.8) is 0 Å². The lowest BCUT2D eigenvalue weighted by molar-refractivity contribution is 0.248. The largest absolute Gasteiger partial charge is 0.489 e. The predicted molar refractivity (Wildman–Crippen MR) is 82.0 cm³/mol. The van der Waals surface area contributed by atoms with Crippen molar-refractivity contribution >= 4 is 5.82 Å². The Morgan fingerprint density at radius 2 is 2.00 bits per heavy atom. The van der Waals surface area contributed by atoms with Crippen LogP contribution in [0.15, 0.2) is 11.1 Å². The van der Waals surface area contributed by atoms with Gasteiger partial charge in [0, 0.05) is 19.6 Å². The highest BCUT2D eigenvalue weighted by atomic mass is 16.5. The molecule has 21 heavy (non-hydrogen) atoms. The normalized spacial score (nSPS) is 20.9. The number of aromatic amines is 1. The summed E-state index contributed by atoms with van der Waals surface area (Å²) in [4.78, 5) is 23.4. The minimum atomic E-state index is -0.207. The van der Waals surface area contributed by atoms with Crippen LogP contribution < -0.4 is 15.2 Å². The molecule has 2 aliphatic heterocycles. The molecule has 2 fully saturated rings. The lowest BCUT2D eigenvalue weighted by Gasteiger charge is -2.34. The van der Waals surface area contributed by atoms with Crippen LogP contribution in [0, 0.1) is 5.92 Å².